The number of ketones is 1. The molecular weight excluding hydrogens is 245 g/mol. The van der Waals surface area contributed by atoms with Gasteiger partial charge < -0.3 is 4.74 Å². The monoisotopic (exact) mass is 260 g/mol. The highest BCUT2D eigenvalue weighted by Gasteiger charge is 2.31. The molecule has 0 saturated carbocycles. The molecule has 0 fully saturated rings. The largest absolute Gasteiger partial charge is 0.416 e. The van der Waals surface area contributed by atoms with Crippen molar-refractivity contribution >= 4 is 5.78 Å². The third-order valence-corrected chi connectivity index (χ3v) is 2.68. The molecule has 0 N–H and O–H groups in total. The Balaban J connectivity index is 2.87. The van der Waals surface area contributed by atoms with Crippen LogP contribution in [0, 0.1) is 5.92 Å². The van der Waals surface area contributed by atoms with Gasteiger partial charge in [-0.25, -0.2) is 0 Å². The normalized spacial score (nSPS) is 13.4. The minimum Gasteiger partial charge on any atom is -0.385 e. The van der Waals surface area contributed by atoms with Crippen molar-refractivity contribution < 1.29 is 22.7 Å². The van der Waals surface area contributed by atoms with Crippen molar-refractivity contribution in [2.45, 2.75) is 19.5 Å². The van der Waals surface area contributed by atoms with Gasteiger partial charge in [0.15, 0.2) is 5.78 Å². The smallest absolute Gasteiger partial charge is 0.385 e. The Morgan fingerprint density at radius 3 is 2.61 bits per heavy atom. The first-order chi connectivity index (χ1) is 8.36. The highest BCUT2D eigenvalue weighted by molar-refractivity contribution is 5.97. The van der Waals surface area contributed by atoms with Gasteiger partial charge in [-0.2, -0.15) is 13.2 Å². The molecule has 0 aromatic heterocycles. The summed E-state index contributed by atoms with van der Waals surface area (Å²) >= 11 is 0. The molecule has 2 nitrogen and oxygen atoms in total. The minimum absolute atomic E-state index is 0.0911. The molecule has 0 heterocycles. The van der Waals surface area contributed by atoms with Crippen LogP contribution in [0.4, 0.5) is 13.2 Å². The fourth-order valence-electron chi connectivity index (χ4n) is 1.56. The van der Waals surface area contributed by atoms with Crippen molar-refractivity contribution in [1.82, 2.24) is 0 Å². The van der Waals surface area contributed by atoms with Gasteiger partial charge in [-0.15, -0.1) is 0 Å². The Morgan fingerprint density at radius 1 is 1.39 bits per heavy atom. The maximum atomic E-state index is 12.5. The van der Waals surface area contributed by atoms with E-state index in [0.717, 1.165) is 12.1 Å². The van der Waals surface area contributed by atoms with Crippen molar-refractivity contribution in [1.29, 1.82) is 0 Å². The second-order valence-electron chi connectivity index (χ2n) is 4.13. The molecule has 0 aliphatic rings. The van der Waals surface area contributed by atoms with Crippen LogP contribution in [0.15, 0.2) is 24.3 Å². The van der Waals surface area contributed by atoms with E-state index in [2.05, 4.69) is 0 Å². The number of rotatable bonds is 5. The highest BCUT2D eigenvalue weighted by atomic mass is 19.4. The zero-order valence-electron chi connectivity index (χ0n) is 10.3. The molecule has 5 heteroatoms. The number of Topliss-reactive ketones (excluding diaryl/α,β-unsaturated/α-hetero) is 1. The number of alkyl halides is 3. The Kier molecular flexibility index (Phi) is 4.90. The molecule has 100 valence electrons. The van der Waals surface area contributed by atoms with E-state index < -0.39 is 11.7 Å². The molecule has 0 aliphatic heterocycles. The van der Waals surface area contributed by atoms with Gasteiger partial charge in [0.05, 0.1) is 5.56 Å². The fourth-order valence-corrected chi connectivity index (χ4v) is 1.56. The van der Waals surface area contributed by atoms with Crippen LogP contribution in [-0.2, 0) is 10.9 Å². The Bertz CT molecular complexity index is 413. The van der Waals surface area contributed by atoms with Crippen LogP contribution in [0.25, 0.3) is 0 Å². The Hall–Kier alpha value is -1.36. The van der Waals surface area contributed by atoms with E-state index in [9.17, 15) is 18.0 Å². The molecule has 0 saturated heterocycles. The molecule has 18 heavy (non-hydrogen) atoms. The highest BCUT2D eigenvalue weighted by Crippen LogP contribution is 2.30. The SMILES string of the molecule is COCCC(C)C(=O)c1cccc(C(F)(F)F)c1. The molecule has 1 rings (SSSR count). The van der Waals surface area contributed by atoms with Crippen molar-refractivity contribution in [3.63, 3.8) is 0 Å². The number of halogens is 3. The van der Waals surface area contributed by atoms with E-state index >= 15 is 0 Å². The van der Waals surface area contributed by atoms with E-state index in [1.807, 2.05) is 0 Å². The first-order valence-corrected chi connectivity index (χ1v) is 5.56. The number of carbonyl (C=O) groups is 1. The lowest BCUT2D eigenvalue weighted by atomic mass is 9.95. The predicted octanol–water partition coefficient (Wildman–Crippen LogP) is 3.56. The quantitative estimate of drug-likeness (QED) is 0.757. The summed E-state index contributed by atoms with van der Waals surface area (Å²) in [6.07, 6.45) is -3.93. The summed E-state index contributed by atoms with van der Waals surface area (Å²) in [4.78, 5) is 11.9. The third kappa shape index (κ3) is 3.84. The first kappa shape index (κ1) is 14.7. The van der Waals surface area contributed by atoms with Gasteiger partial charge >= 0.3 is 6.18 Å². The van der Waals surface area contributed by atoms with E-state index in [0.29, 0.717) is 13.0 Å². The van der Waals surface area contributed by atoms with Crippen molar-refractivity contribution in [2.75, 3.05) is 13.7 Å². The molecule has 0 bridgehead atoms. The molecule has 0 aliphatic carbocycles. The van der Waals surface area contributed by atoms with Crippen LogP contribution in [-0.4, -0.2) is 19.5 Å². The lowest BCUT2D eigenvalue weighted by Crippen LogP contribution is -2.14. The van der Waals surface area contributed by atoms with Crippen LogP contribution in [0.5, 0.6) is 0 Å². The van der Waals surface area contributed by atoms with Gasteiger partial charge in [0.2, 0.25) is 0 Å². The van der Waals surface area contributed by atoms with Gasteiger partial charge in [-0.05, 0) is 18.6 Å². The van der Waals surface area contributed by atoms with E-state index in [4.69, 9.17) is 4.74 Å². The summed E-state index contributed by atoms with van der Waals surface area (Å²) in [5, 5.41) is 0. The van der Waals surface area contributed by atoms with E-state index in [1.54, 1.807) is 6.92 Å². The second kappa shape index (κ2) is 6.00. The second-order valence-corrected chi connectivity index (χ2v) is 4.13. The van der Waals surface area contributed by atoms with Crippen LogP contribution < -0.4 is 0 Å². The maximum absolute atomic E-state index is 12.5. The van der Waals surface area contributed by atoms with E-state index in [1.165, 1.54) is 19.2 Å². The average molecular weight is 260 g/mol. The summed E-state index contributed by atoms with van der Waals surface area (Å²) in [7, 11) is 1.52. The fraction of sp³-hybridized carbons (Fsp3) is 0.462. The first-order valence-electron chi connectivity index (χ1n) is 5.56. The standard InChI is InChI=1S/C13H15F3O2/c1-9(6-7-18-2)12(17)10-4-3-5-11(8-10)13(14,15)16/h3-5,8-9H,6-7H2,1-2H3. The lowest BCUT2D eigenvalue weighted by Gasteiger charge is -2.12. The topological polar surface area (TPSA) is 26.3 Å². The number of methoxy groups -OCH3 is 1. The number of ether oxygens (including phenoxy) is 1. The molecule has 0 amide bonds. The number of carbonyl (C=O) groups excluding carboxylic acids is 1. The van der Waals surface area contributed by atoms with Crippen LogP contribution in [0.1, 0.15) is 29.3 Å². The number of hydrogen-bond donors (Lipinski definition) is 0. The summed E-state index contributed by atoms with van der Waals surface area (Å²) in [6.45, 7) is 2.09. The zero-order valence-corrected chi connectivity index (χ0v) is 10.3. The third-order valence-electron chi connectivity index (χ3n) is 2.68. The van der Waals surface area contributed by atoms with Crippen LogP contribution in [0.2, 0.25) is 0 Å². The van der Waals surface area contributed by atoms with Crippen LogP contribution in [0.3, 0.4) is 0 Å². The summed E-state index contributed by atoms with van der Waals surface area (Å²) in [5.41, 5.74) is -0.708. The summed E-state index contributed by atoms with van der Waals surface area (Å²) in [6, 6.07) is 4.50. The molecule has 0 radical (unpaired) electrons. The van der Waals surface area contributed by atoms with Crippen molar-refractivity contribution in [2.24, 2.45) is 5.92 Å². The number of hydrogen-bond acceptors (Lipinski definition) is 2. The molecule has 1 aromatic rings. The molecule has 0 spiro atoms. The van der Waals surface area contributed by atoms with Gasteiger partial charge in [0, 0.05) is 25.2 Å². The molecule has 1 atom stereocenters. The van der Waals surface area contributed by atoms with Gasteiger partial charge in [-0.3, -0.25) is 4.79 Å². The van der Waals surface area contributed by atoms with Crippen molar-refractivity contribution in [3.05, 3.63) is 35.4 Å². The average Bonchev–Trinajstić information content (AvgIpc) is 2.34. The molecule has 1 unspecified atom stereocenters. The van der Waals surface area contributed by atoms with Crippen molar-refractivity contribution in [3.8, 4) is 0 Å². The number of benzene rings is 1. The Morgan fingerprint density at radius 2 is 2.06 bits per heavy atom. The van der Waals surface area contributed by atoms with Gasteiger partial charge in [0.25, 0.3) is 0 Å². The summed E-state index contributed by atoms with van der Waals surface area (Å²) in [5.74, 6) is -0.647. The molecular formula is C13H15F3O2. The minimum atomic E-state index is -4.42. The lowest BCUT2D eigenvalue weighted by molar-refractivity contribution is -0.137. The Labute approximate surface area is 104 Å². The molecule has 1 aromatic carbocycles. The predicted molar refractivity (Wildman–Crippen MR) is 61.4 cm³/mol. The zero-order chi connectivity index (χ0) is 13.8. The maximum Gasteiger partial charge on any atom is 0.416 e. The van der Waals surface area contributed by atoms with E-state index in [-0.39, 0.29) is 17.3 Å². The van der Waals surface area contributed by atoms with Crippen LogP contribution >= 0.6 is 0 Å². The van der Waals surface area contributed by atoms with Gasteiger partial charge in [0.1, 0.15) is 0 Å². The van der Waals surface area contributed by atoms with Gasteiger partial charge in [-0.1, -0.05) is 19.1 Å². The summed E-state index contributed by atoms with van der Waals surface area (Å²) < 4.78 is 42.4.